The maximum Gasteiger partial charge on any atom is 0.308 e. The summed E-state index contributed by atoms with van der Waals surface area (Å²) in [5, 5.41) is 9.89. The summed E-state index contributed by atoms with van der Waals surface area (Å²) >= 11 is 6.20. The molecule has 98 valence electrons. The van der Waals surface area contributed by atoms with Gasteiger partial charge < -0.3 is 5.11 Å². The molecule has 4 heteroatoms. The van der Waals surface area contributed by atoms with Crippen LogP contribution in [0.4, 0.5) is 0 Å². The van der Waals surface area contributed by atoms with Crippen molar-refractivity contribution in [3.05, 3.63) is 34.3 Å². The minimum Gasteiger partial charge on any atom is -0.481 e. The number of hydrogen-bond donors (Lipinski definition) is 1. The number of nitrogens with zero attached hydrogens (tertiary/aromatic N) is 1. The van der Waals surface area contributed by atoms with Gasteiger partial charge in [0, 0.05) is 24.7 Å². The first-order chi connectivity index (χ1) is 8.49. The van der Waals surface area contributed by atoms with Crippen LogP contribution in [0.1, 0.15) is 18.1 Å². The Morgan fingerprint density at radius 3 is 2.78 bits per heavy atom. The van der Waals surface area contributed by atoms with Crippen molar-refractivity contribution in [1.82, 2.24) is 4.90 Å². The third kappa shape index (κ3) is 2.68. The summed E-state index contributed by atoms with van der Waals surface area (Å²) in [7, 11) is 0. The first-order valence-electron chi connectivity index (χ1n) is 6.18. The van der Waals surface area contributed by atoms with Crippen LogP contribution in [-0.4, -0.2) is 29.1 Å². The van der Waals surface area contributed by atoms with Gasteiger partial charge in [0.15, 0.2) is 0 Å². The summed E-state index contributed by atoms with van der Waals surface area (Å²) in [6, 6.07) is 5.86. The minimum atomic E-state index is -0.694. The van der Waals surface area contributed by atoms with E-state index in [4.69, 9.17) is 16.7 Å². The second kappa shape index (κ2) is 5.29. The molecule has 0 aliphatic carbocycles. The zero-order valence-corrected chi connectivity index (χ0v) is 11.4. The fourth-order valence-corrected chi connectivity index (χ4v) is 2.89. The van der Waals surface area contributed by atoms with Gasteiger partial charge in [-0.05, 0) is 30.0 Å². The molecule has 1 N–H and O–H groups in total. The largest absolute Gasteiger partial charge is 0.481 e. The molecule has 0 bridgehead atoms. The highest BCUT2D eigenvalue weighted by Crippen LogP contribution is 2.27. The van der Waals surface area contributed by atoms with E-state index in [1.54, 1.807) is 0 Å². The van der Waals surface area contributed by atoms with E-state index in [1.807, 2.05) is 32.0 Å². The highest BCUT2D eigenvalue weighted by Gasteiger charge is 2.34. The van der Waals surface area contributed by atoms with Gasteiger partial charge in [-0.15, -0.1) is 0 Å². The number of likely N-dealkylation sites (tertiary alicyclic amines) is 1. The fourth-order valence-electron chi connectivity index (χ4n) is 2.61. The lowest BCUT2D eigenvalue weighted by atomic mass is 9.99. The molecule has 2 atom stereocenters. The Bertz CT molecular complexity index is 441. The molecule has 3 nitrogen and oxygen atoms in total. The van der Waals surface area contributed by atoms with Gasteiger partial charge in [-0.3, -0.25) is 9.69 Å². The quantitative estimate of drug-likeness (QED) is 0.916. The number of aliphatic carboxylic acids is 1. The number of aryl methyl sites for hydroxylation is 1. The van der Waals surface area contributed by atoms with Gasteiger partial charge in [0.2, 0.25) is 0 Å². The predicted octanol–water partition coefficient (Wildman–Crippen LogP) is 2.80. The average Bonchev–Trinajstić information content (AvgIpc) is 2.65. The summed E-state index contributed by atoms with van der Waals surface area (Å²) in [4.78, 5) is 13.3. The van der Waals surface area contributed by atoms with E-state index in [0.29, 0.717) is 6.54 Å². The zero-order valence-electron chi connectivity index (χ0n) is 10.7. The average molecular weight is 268 g/mol. The number of carboxylic acid groups (broad SMARTS) is 1. The summed E-state index contributed by atoms with van der Waals surface area (Å²) in [6.45, 7) is 6.20. The van der Waals surface area contributed by atoms with Gasteiger partial charge in [0.1, 0.15) is 0 Å². The van der Waals surface area contributed by atoms with Gasteiger partial charge in [-0.2, -0.15) is 0 Å². The second-order valence-electron chi connectivity index (χ2n) is 5.15. The molecule has 18 heavy (non-hydrogen) atoms. The van der Waals surface area contributed by atoms with Crippen LogP contribution < -0.4 is 0 Å². The maximum absolute atomic E-state index is 11.1. The summed E-state index contributed by atoms with van der Waals surface area (Å²) in [5.41, 5.74) is 2.27. The molecule has 1 aromatic rings. The summed E-state index contributed by atoms with van der Waals surface area (Å²) in [5.74, 6) is -0.751. The van der Waals surface area contributed by atoms with Crippen molar-refractivity contribution in [2.75, 3.05) is 13.1 Å². The van der Waals surface area contributed by atoms with Gasteiger partial charge in [-0.25, -0.2) is 0 Å². The van der Waals surface area contributed by atoms with Crippen LogP contribution >= 0.6 is 11.6 Å². The van der Waals surface area contributed by atoms with Gasteiger partial charge in [0.05, 0.1) is 5.92 Å². The van der Waals surface area contributed by atoms with Crippen molar-refractivity contribution in [1.29, 1.82) is 0 Å². The Balaban J connectivity index is 2.10. The molecule has 2 unspecified atom stereocenters. The molecular weight excluding hydrogens is 250 g/mol. The third-order valence-electron chi connectivity index (χ3n) is 3.74. The van der Waals surface area contributed by atoms with Gasteiger partial charge in [-0.1, -0.05) is 30.7 Å². The minimum absolute atomic E-state index is 0.199. The molecule has 0 saturated carbocycles. The predicted molar refractivity (Wildman–Crippen MR) is 71.8 cm³/mol. The molecule has 1 aliphatic rings. The Kier molecular flexibility index (Phi) is 3.93. The zero-order chi connectivity index (χ0) is 13.3. The monoisotopic (exact) mass is 267 g/mol. The number of benzene rings is 1. The molecule has 2 rings (SSSR count). The second-order valence-corrected chi connectivity index (χ2v) is 5.56. The smallest absolute Gasteiger partial charge is 0.308 e. The normalized spacial score (nSPS) is 24.4. The summed E-state index contributed by atoms with van der Waals surface area (Å²) < 4.78 is 0. The molecule has 1 heterocycles. The topological polar surface area (TPSA) is 40.5 Å². The Morgan fingerprint density at radius 1 is 1.50 bits per heavy atom. The van der Waals surface area contributed by atoms with E-state index in [0.717, 1.165) is 29.2 Å². The number of hydrogen-bond acceptors (Lipinski definition) is 2. The summed E-state index contributed by atoms with van der Waals surface area (Å²) in [6.07, 6.45) is 0. The van der Waals surface area contributed by atoms with Crippen LogP contribution in [0.15, 0.2) is 18.2 Å². The molecule has 0 amide bonds. The maximum atomic E-state index is 11.1. The van der Waals surface area contributed by atoms with E-state index in [1.165, 1.54) is 0 Å². The molecular formula is C14H18ClNO2. The van der Waals surface area contributed by atoms with Crippen LogP contribution in [0.25, 0.3) is 0 Å². The lowest BCUT2D eigenvalue weighted by Crippen LogP contribution is -2.23. The molecule has 0 aromatic heterocycles. The molecule has 1 saturated heterocycles. The lowest BCUT2D eigenvalue weighted by molar-refractivity contribution is -0.142. The Labute approximate surface area is 112 Å². The highest BCUT2D eigenvalue weighted by molar-refractivity contribution is 6.31. The third-order valence-corrected chi connectivity index (χ3v) is 4.09. The molecule has 0 spiro atoms. The van der Waals surface area contributed by atoms with Crippen molar-refractivity contribution in [3.63, 3.8) is 0 Å². The molecule has 0 radical (unpaired) electrons. The van der Waals surface area contributed by atoms with Crippen molar-refractivity contribution in [3.8, 4) is 0 Å². The number of rotatable bonds is 3. The Hall–Kier alpha value is -1.06. The molecule has 1 aromatic carbocycles. The number of halogens is 1. The van der Waals surface area contributed by atoms with Gasteiger partial charge in [0.25, 0.3) is 0 Å². The number of carbonyl (C=O) groups is 1. The van der Waals surface area contributed by atoms with Gasteiger partial charge >= 0.3 is 5.97 Å². The first kappa shape index (κ1) is 13.4. The highest BCUT2D eigenvalue weighted by atomic mass is 35.5. The number of carboxylic acids is 1. The van der Waals surface area contributed by atoms with E-state index < -0.39 is 5.97 Å². The lowest BCUT2D eigenvalue weighted by Gasteiger charge is -2.18. The van der Waals surface area contributed by atoms with Crippen LogP contribution in [-0.2, 0) is 11.3 Å². The van der Waals surface area contributed by atoms with Crippen LogP contribution in [0.5, 0.6) is 0 Å². The van der Waals surface area contributed by atoms with Crippen molar-refractivity contribution >= 4 is 17.6 Å². The van der Waals surface area contributed by atoms with Crippen LogP contribution in [0, 0.1) is 18.8 Å². The molecule has 1 fully saturated rings. The van der Waals surface area contributed by atoms with Crippen LogP contribution in [0.3, 0.4) is 0 Å². The Morgan fingerprint density at radius 2 is 2.22 bits per heavy atom. The van der Waals surface area contributed by atoms with Crippen molar-refractivity contribution in [2.45, 2.75) is 20.4 Å². The van der Waals surface area contributed by atoms with Crippen molar-refractivity contribution in [2.24, 2.45) is 11.8 Å². The van der Waals surface area contributed by atoms with E-state index >= 15 is 0 Å². The molecule has 1 aliphatic heterocycles. The standard InChI is InChI=1S/C14H18ClNO2/c1-9-4-3-5-13(15)11(9)7-16-6-10(2)12(8-16)14(17)18/h3-5,10,12H,6-8H2,1-2H3,(H,17,18). The van der Waals surface area contributed by atoms with E-state index in [9.17, 15) is 4.79 Å². The SMILES string of the molecule is Cc1cccc(Cl)c1CN1CC(C)C(C(=O)O)C1. The fraction of sp³-hybridized carbons (Fsp3) is 0.500. The first-order valence-corrected chi connectivity index (χ1v) is 6.56. The van der Waals surface area contributed by atoms with E-state index in [2.05, 4.69) is 4.90 Å². The van der Waals surface area contributed by atoms with Crippen molar-refractivity contribution < 1.29 is 9.90 Å². The van der Waals surface area contributed by atoms with E-state index in [-0.39, 0.29) is 11.8 Å². The van der Waals surface area contributed by atoms with Crippen LogP contribution in [0.2, 0.25) is 5.02 Å².